The molecule has 168 valence electrons. The summed E-state index contributed by atoms with van der Waals surface area (Å²) in [6.07, 6.45) is 10.8. The lowest BCUT2D eigenvalue weighted by Crippen LogP contribution is -2.34. The smallest absolute Gasteiger partial charge is 0.109 e. The molecule has 0 aromatic heterocycles. The minimum atomic E-state index is 0.735. The summed E-state index contributed by atoms with van der Waals surface area (Å²) >= 11 is 11.3. The summed E-state index contributed by atoms with van der Waals surface area (Å²) < 4.78 is 0. The molecule has 4 aliphatic heterocycles. The first kappa shape index (κ1) is 22.0. The largest absolute Gasteiger partial charge is 0.356 e. The van der Waals surface area contributed by atoms with E-state index in [4.69, 9.17) is 24.4 Å². The maximum atomic E-state index is 5.64. The maximum absolute atomic E-state index is 5.64. The SMILES string of the molecule is Cc1ccc(C(=S)N2C3CCC2CC3)cc1.Cc1ccc(C(=S)N2C3CCC2CC3)cc1. The second-order valence-corrected chi connectivity index (χ2v) is 10.9. The van der Waals surface area contributed by atoms with Crippen LogP contribution < -0.4 is 0 Å². The van der Waals surface area contributed by atoms with Crippen molar-refractivity contribution in [2.24, 2.45) is 0 Å². The third kappa shape index (κ3) is 4.24. The summed E-state index contributed by atoms with van der Waals surface area (Å²) in [6, 6.07) is 20.2. The first-order valence-electron chi connectivity index (χ1n) is 12.3. The molecule has 4 fully saturated rings. The van der Waals surface area contributed by atoms with Gasteiger partial charge in [0.25, 0.3) is 0 Å². The molecule has 2 aromatic carbocycles. The number of hydrogen-bond donors (Lipinski definition) is 0. The Labute approximate surface area is 204 Å². The van der Waals surface area contributed by atoms with Gasteiger partial charge in [0, 0.05) is 35.3 Å². The van der Waals surface area contributed by atoms with Gasteiger partial charge in [-0.3, -0.25) is 0 Å². The van der Waals surface area contributed by atoms with Gasteiger partial charge < -0.3 is 9.80 Å². The summed E-state index contributed by atoms with van der Waals surface area (Å²) in [5.74, 6) is 0. The molecule has 0 N–H and O–H groups in total. The van der Waals surface area contributed by atoms with E-state index >= 15 is 0 Å². The van der Waals surface area contributed by atoms with Crippen LogP contribution in [0, 0.1) is 13.8 Å². The zero-order valence-corrected chi connectivity index (χ0v) is 20.9. The van der Waals surface area contributed by atoms with Gasteiger partial charge in [-0.2, -0.15) is 0 Å². The zero-order chi connectivity index (χ0) is 22.2. The van der Waals surface area contributed by atoms with Crippen LogP contribution in [0.4, 0.5) is 0 Å². The summed E-state index contributed by atoms with van der Waals surface area (Å²) in [4.78, 5) is 7.15. The lowest BCUT2D eigenvalue weighted by atomic mass is 10.0. The molecule has 0 atom stereocenters. The lowest BCUT2D eigenvalue weighted by molar-refractivity contribution is 0.407. The molecule has 2 nitrogen and oxygen atoms in total. The quantitative estimate of drug-likeness (QED) is 0.464. The van der Waals surface area contributed by atoms with Gasteiger partial charge in [0.1, 0.15) is 9.98 Å². The second kappa shape index (κ2) is 9.23. The average molecular weight is 463 g/mol. The second-order valence-electron chi connectivity index (χ2n) is 10.1. The Bertz CT molecular complexity index is 860. The first-order chi connectivity index (χ1) is 15.5. The van der Waals surface area contributed by atoms with E-state index in [1.54, 1.807) is 0 Å². The summed E-state index contributed by atoms with van der Waals surface area (Å²) in [7, 11) is 0. The molecule has 4 heterocycles. The minimum Gasteiger partial charge on any atom is -0.356 e. The van der Waals surface area contributed by atoms with Crippen LogP contribution in [0.15, 0.2) is 48.5 Å². The summed E-state index contributed by atoms with van der Waals surface area (Å²) in [5, 5.41) is 0. The van der Waals surface area contributed by atoms with Crippen molar-refractivity contribution < 1.29 is 0 Å². The molecule has 4 bridgehead atoms. The predicted octanol–water partition coefficient (Wildman–Crippen LogP) is 6.59. The third-order valence-electron chi connectivity index (χ3n) is 7.97. The van der Waals surface area contributed by atoms with E-state index in [2.05, 4.69) is 72.2 Å². The van der Waals surface area contributed by atoms with Gasteiger partial charge in [-0.15, -0.1) is 0 Å². The number of hydrogen-bond acceptors (Lipinski definition) is 2. The Morgan fingerprint density at radius 2 is 0.781 bits per heavy atom. The van der Waals surface area contributed by atoms with Crippen molar-refractivity contribution in [2.45, 2.75) is 89.4 Å². The molecule has 0 aliphatic carbocycles. The van der Waals surface area contributed by atoms with Crippen LogP contribution in [0.5, 0.6) is 0 Å². The number of thiocarbonyl (C=S) groups is 2. The van der Waals surface area contributed by atoms with Crippen LogP contribution in [0.25, 0.3) is 0 Å². The highest BCUT2D eigenvalue weighted by atomic mass is 32.1. The van der Waals surface area contributed by atoms with Crippen LogP contribution >= 0.6 is 24.4 Å². The molecule has 0 radical (unpaired) electrons. The fourth-order valence-corrected chi connectivity index (χ4v) is 7.05. The van der Waals surface area contributed by atoms with Crippen LogP contribution in [0.1, 0.15) is 73.6 Å². The van der Waals surface area contributed by atoms with Crippen LogP contribution in [-0.4, -0.2) is 43.9 Å². The molecule has 6 rings (SSSR count). The molecule has 32 heavy (non-hydrogen) atoms. The monoisotopic (exact) mass is 462 g/mol. The van der Waals surface area contributed by atoms with Crippen molar-refractivity contribution in [1.29, 1.82) is 0 Å². The van der Waals surface area contributed by atoms with E-state index in [1.807, 2.05) is 0 Å². The van der Waals surface area contributed by atoms with Gasteiger partial charge in [0.2, 0.25) is 0 Å². The molecule has 2 aromatic rings. The zero-order valence-electron chi connectivity index (χ0n) is 19.3. The van der Waals surface area contributed by atoms with Crippen molar-refractivity contribution >= 4 is 34.4 Å². The first-order valence-corrected chi connectivity index (χ1v) is 13.1. The predicted molar refractivity (Wildman–Crippen MR) is 142 cm³/mol. The normalized spacial score (nSPS) is 27.4. The van der Waals surface area contributed by atoms with E-state index in [0.717, 1.165) is 34.1 Å². The molecular formula is C28H34N2S2. The van der Waals surface area contributed by atoms with Crippen molar-refractivity contribution in [3.05, 3.63) is 70.8 Å². The standard InChI is InChI=1S/2C14H17NS/c2*1-10-2-4-11(5-3-10)14(16)15-12-6-7-13(15)9-8-12/h2*2-5,12-13H,6-9H2,1H3. The van der Waals surface area contributed by atoms with Gasteiger partial charge >= 0.3 is 0 Å². The Kier molecular flexibility index (Phi) is 6.35. The Balaban J connectivity index is 0.000000135. The number of aryl methyl sites for hydroxylation is 2. The summed E-state index contributed by atoms with van der Waals surface area (Å²) in [5.41, 5.74) is 5.05. The van der Waals surface area contributed by atoms with Gasteiger partial charge in [0.15, 0.2) is 0 Å². The van der Waals surface area contributed by atoms with Gasteiger partial charge in [-0.25, -0.2) is 0 Å². The molecule has 4 saturated heterocycles. The summed E-state index contributed by atoms with van der Waals surface area (Å²) in [6.45, 7) is 4.23. The topological polar surface area (TPSA) is 6.48 Å². The molecule has 4 heteroatoms. The molecular weight excluding hydrogens is 428 g/mol. The number of nitrogens with zero attached hydrogens (tertiary/aromatic N) is 2. The van der Waals surface area contributed by atoms with Gasteiger partial charge in [-0.1, -0.05) is 84.1 Å². The fourth-order valence-electron chi connectivity index (χ4n) is 6.18. The fraction of sp³-hybridized carbons (Fsp3) is 0.500. The minimum absolute atomic E-state index is 0.735. The van der Waals surface area contributed by atoms with Crippen molar-refractivity contribution in [2.75, 3.05) is 0 Å². The van der Waals surface area contributed by atoms with Gasteiger partial charge in [0.05, 0.1) is 0 Å². The Hall–Kier alpha value is -1.78. The number of benzene rings is 2. The number of fused-ring (bicyclic) bond motifs is 4. The van der Waals surface area contributed by atoms with Crippen molar-refractivity contribution in [3.8, 4) is 0 Å². The highest BCUT2D eigenvalue weighted by Crippen LogP contribution is 2.39. The van der Waals surface area contributed by atoms with Crippen LogP contribution in [0.2, 0.25) is 0 Å². The Morgan fingerprint density at radius 3 is 1.03 bits per heavy atom. The lowest BCUT2D eigenvalue weighted by Gasteiger charge is -2.25. The highest BCUT2D eigenvalue weighted by Gasteiger charge is 2.41. The highest BCUT2D eigenvalue weighted by molar-refractivity contribution is 7.81. The Morgan fingerprint density at radius 1 is 0.531 bits per heavy atom. The average Bonchev–Trinajstić information content (AvgIpc) is 3.60. The molecule has 4 aliphatic rings. The van der Waals surface area contributed by atoms with Gasteiger partial charge in [-0.05, 0) is 65.2 Å². The van der Waals surface area contributed by atoms with Crippen LogP contribution in [-0.2, 0) is 0 Å². The molecule has 0 amide bonds. The van der Waals surface area contributed by atoms with E-state index in [0.29, 0.717) is 0 Å². The van der Waals surface area contributed by atoms with Crippen molar-refractivity contribution in [1.82, 2.24) is 9.80 Å². The molecule has 0 spiro atoms. The van der Waals surface area contributed by atoms with E-state index in [9.17, 15) is 0 Å². The van der Waals surface area contributed by atoms with E-state index in [1.165, 1.54) is 73.6 Å². The molecule has 0 unspecified atom stereocenters. The van der Waals surface area contributed by atoms with Crippen LogP contribution in [0.3, 0.4) is 0 Å². The third-order valence-corrected chi connectivity index (χ3v) is 8.87. The van der Waals surface area contributed by atoms with E-state index < -0.39 is 0 Å². The van der Waals surface area contributed by atoms with E-state index in [-0.39, 0.29) is 0 Å². The van der Waals surface area contributed by atoms with Crippen molar-refractivity contribution in [3.63, 3.8) is 0 Å². The molecule has 0 saturated carbocycles. The number of rotatable bonds is 2. The maximum Gasteiger partial charge on any atom is 0.109 e.